The highest BCUT2D eigenvalue weighted by molar-refractivity contribution is 5.95. The van der Waals surface area contributed by atoms with Crippen LogP contribution in [0.3, 0.4) is 0 Å². The van der Waals surface area contributed by atoms with E-state index in [1.165, 1.54) is 6.42 Å². The molecule has 3 heterocycles. The Hall–Kier alpha value is -1.49. The van der Waals surface area contributed by atoms with Crippen LogP contribution in [0.1, 0.15) is 53.6 Å². The summed E-state index contributed by atoms with van der Waals surface area (Å²) in [5, 5.41) is 3.38. The molecule has 0 bridgehead atoms. The van der Waals surface area contributed by atoms with Gasteiger partial charge in [0.25, 0.3) is 5.91 Å². The van der Waals surface area contributed by atoms with E-state index in [4.69, 9.17) is 0 Å². The molecule has 5 nitrogen and oxygen atoms in total. The molecule has 2 saturated heterocycles. The monoisotopic (exact) mass is 260 g/mol. The molecule has 5 heteroatoms. The van der Waals surface area contributed by atoms with Gasteiger partial charge in [0, 0.05) is 19.3 Å². The highest BCUT2D eigenvalue weighted by Gasteiger charge is 2.24. The lowest BCUT2D eigenvalue weighted by Gasteiger charge is -2.17. The average molecular weight is 260 g/mol. The Morgan fingerprint density at radius 1 is 1.37 bits per heavy atom. The summed E-state index contributed by atoms with van der Waals surface area (Å²) in [6.45, 7) is 4.67. The van der Waals surface area contributed by atoms with Gasteiger partial charge in [-0.05, 0) is 39.2 Å². The topological polar surface area (TPSA) is 58.1 Å². The number of nitrogens with one attached hydrogen (secondary N) is 1. The quantitative estimate of drug-likeness (QED) is 0.874. The zero-order valence-corrected chi connectivity index (χ0v) is 11.4. The number of carbonyl (C=O) groups excluding carboxylic acids is 1. The van der Waals surface area contributed by atoms with Gasteiger partial charge in [0.15, 0.2) is 0 Å². The van der Waals surface area contributed by atoms with E-state index >= 15 is 0 Å². The van der Waals surface area contributed by atoms with Crippen molar-refractivity contribution in [1.82, 2.24) is 20.2 Å². The lowest BCUT2D eigenvalue weighted by Crippen LogP contribution is -2.29. The molecule has 1 aromatic heterocycles. The third-order valence-electron chi connectivity index (χ3n) is 3.99. The normalized spacial score (nSPS) is 23.0. The van der Waals surface area contributed by atoms with Gasteiger partial charge in [0.1, 0.15) is 5.82 Å². The second-order valence-corrected chi connectivity index (χ2v) is 5.38. The highest BCUT2D eigenvalue weighted by atomic mass is 16.2. The molecule has 0 radical (unpaired) electrons. The molecule has 0 spiro atoms. The maximum absolute atomic E-state index is 12.3. The summed E-state index contributed by atoms with van der Waals surface area (Å²) in [6.07, 6.45) is 6.17. The number of likely N-dealkylation sites (tertiary alicyclic amines) is 1. The number of rotatable bonds is 2. The van der Waals surface area contributed by atoms with E-state index < -0.39 is 0 Å². The summed E-state index contributed by atoms with van der Waals surface area (Å²) in [5.74, 6) is 0.911. The predicted octanol–water partition coefficient (Wildman–Crippen LogP) is 1.45. The molecule has 1 amide bonds. The van der Waals surface area contributed by atoms with E-state index in [-0.39, 0.29) is 11.9 Å². The van der Waals surface area contributed by atoms with Crippen LogP contribution in [0.25, 0.3) is 0 Å². The van der Waals surface area contributed by atoms with Gasteiger partial charge in [-0.2, -0.15) is 0 Å². The Balaban J connectivity index is 1.80. The van der Waals surface area contributed by atoms with Crippen LogP contribution in [0.5, 0.6) is 0 Å². The molecule has 0 aliphatic carbocycles. The summed E-state index contributed by atoms with van der Waals surface area (Å²) < 4.78 is 0. The van der Waals surface area contributed by atoms with E-state index in [0.717, 1.165) is 50.4 Å². The minimum Gasteiger partial charge on any atom is -0.339 e. The largest absolute Gasteiger partial charge is 0.339 e. The molecule has 102 valence electrons. The molecule has 1 N–H and O–H groups in total. The van der Waals surface area contributed by atoms with Gasteiger partial charge in [0.2, 0.25) is 0 Å². The third kappa shape index (κ3) is 2.47. The van der Waals surface area contributed by atoms with Crippen LogP contribution >= 0.6 is 0 Å². The van der Waals surface area contributed by atoms with Gasteiger partial charge in [-0.1, -0.05) is 0 Å². The van der Waals surface area contributed by atoms with Crippen LogP contribution in [0.2, 0.25) is 0 Å². The van der Waals surface area contributed by atoms with Crippen molar-refractivity contribution < 1.29 is 4.79 Å². The van der Waals surface area contributed by atoms with Crippen LogP contribution in [0, 0.1) is 6.92 Å². The van der Waals surface area contributed by atoms with Gasteiger partial charge in [-0.25, -0.2) is 9.97 Å². The van der Waals surface area contributed by atoms with Gasteiger partial charge in [0.05, 0.1) is 17.3 Å². The SMILES string of the molecule is Cc1nc(C2CCCN2)ncc1C(=O)N1CCCC1. The summed E-state index contributed by atoms with van der Waals surface area (Å²) in [6, 6.07) is 0.259. The first-order valence-electron chi connectivity index (χ1n) is 7.12. The summed E-state index contributed by atoms with van der Waals surface area (Å²) >= 11 is 0. The lowest BCUT2D eigenvalue weighted by molar-refractivity contribution is 0.0791. The Kier molecular flexibility index (Phi) is 3.46. The van der Waals surface area contributed by atoms with Crippen molar-refractivity contribution in [2.24, 2.45) is 0 Å². The van der Waals surface area contributed by atoms with Crippen molar-refractivity contribution in [3.63, 3.8) is 0 Å². The van der Waals surface area contributed by atoms with E-state index in [0.29, 0.717) is 5.56 Å². The van der Waals surface area contributed by atoms with Gasteiger partial charge in [-0.3, -0.25) is 4.79 Å². The molecular formula is C14H20N4O. The molecule has 1 unspecified atom stereocenters. The number of aryl methyl sites for hydroxylation is 1. The summed E-state index contributed by atoms with van der Waals surface area (Å²) in [7, 11) is 0. The van der Waals surface area contributed by atoms with Crippen LogP contribution < -0.4 is 5.32 Å². The Bertz CT molecular complexity index is 476. The second kappa shape index (κ2) is 5.25. The Morgan fingerprint density at radius 2 is 2.16 bits per heavy atom. The first-order valence-corrected chi connectivity index (χ1v) is 7.12. The van der Waals surface area contributed by atoms with Crippen molar-refractivity contribution in [3.05, 3.63) is 23.3 Å². The Morgan fingerprint density at radius 3 is 2.79 bits per heavy atom. The van der Waals surface area contributed by atoms with Crippen LogP contribution in [0.4, 0.5) is 0 Å². The van der Waals surface area contributed by atoms with Crippen LogP contribution in [-0.4, -0.2) is 40.4 Å². The fraction of sp³-hybridized carbons (Fsp3) is 0.643. The van der Waals surface area contributed by atoms with Crippen molar-refractivity contribution in [2.75, 3.05) is 19.6 Å². The molecule has 0 saturated carbocycles. The Labute approximate surface area is 113 Å². The van der Waals surface area contributed by atoms with Crippen LogP contribution in [0.15, 0.2) is 6.20 Å². The van der Waals surface area contributed by atoms with Crippen LogP contribution in [-0.2, 0) is 0 Å². The second-order valence-electron chi connectivity index (χ2n) is 5.38. The van der Waals surface area contributed by atoms with E-state index in [1.807, 2.05) is 11.8 Å². The minimum absolute atomic E-state index is 0.0842. The molecule has 0 aromatic carbocycles. The molecule has 2 aliphatic rings. The molecular weight excluding hydrogens is 240 g/mol. The molecule has 19 heavy (non-hydrogen) atoms. The number of hydrogen-bond acceptors (Lipinski definition) is 4. The third-order valence-corrected chi connectivity index (χ3v) is 3.99. The standard InChI is InChI=1S/C14H20N4O/c1-10-11(14(19)18-7-2-3-8-18)9-16-13(17-10)12-5-4-6-15-12/h9,12,15H,2-8H2,1H3. The van der Waals surface area contributed by atoms with Gasteiger partial charge in [-0.15, -0.1) is 0 Å². The molecule has 2 fully saturated rings. The molecule has 1 aromatic rings. The number of carbonyl (C=O) groups is 1. The molecule has 2 aliphatic heterocycles. The van der Waals surface area contributed by atoms with Gasteiger partial charge < -0.3 is 10.2 Å². The number of aromatic nitrogens is 2. The van der Waals surface area contributed by atoms with E-state index in [2.05, 4.69) is 15.3 Å². The van der Waals surface area contributed by atoms with E-state index in [1.54, 1.807) is 6.20 Å². The zero-order chi connectivity index (χ0) is 13.2. The summed E-state index contributed by atoms with van der Waals surface area (Å²) in [4.78, 5) is 23.2. The number of hydrogen-bond donors (Lipinski definition) is 1. The van der Waals surface area contributed by atoms with Gasteiger partial charge >= 0.3 is 0 Å². The number of nitrogens with zero attached hydrogens (tertiary/aromatic N) is 3. The number of amides is 1. The predicted molar refractivity (Wildman–Crippen MR) is 71.9 cm³/mol. The zero-order valence-electron chi connectivity index (χ0n) is 11.4. The van der Waals surface area contributed by atoms with Crippen molar-refractivity contribution in [1.29, 1.82) is 0 Å². The minimum atomic E-state index is 0.0842. The maximum atomic E-state index is 12.3. The van der Waals surface area contributed by atoms with Crippen molar-refractivity contribution in [2.45, 2.75) is 38.6 Å². The molecule has 1 atom stereocenters. The summed E-state index contributed by atoms with van der Waals surface area (Å²) in [5.41, 5.74) is 1.46. The fourth-order valence-corrected chi connectivity index (χ4v) is 2.86. The van der Waals surface area contributed by atoms with E-state index in [9.17, 15) is 4.79 Å². The average Bonchev–Trinajstić information content (AvgIpc) is 3.11. The first-order chi connectivity index (χ1) is 9.25. The highest BCUT2D eigenvalue weighted by Crippen LogP contribution is 2.21. The fourth-order valence-electron chi connectivity index (χ4n) is 2.86. The molecule has 3 rings (SSSR count). The first kappa shape index (κ1) is 12.5. The van der Waals surface area contributed by atoms with Crippen molar-refractivity contribution in [3.8, 4) is 0 Å². The maximum Gasteiger partial charge on any atom is 0.257 e. The van der Waals surface area contributed by atoms with Crippen molar-refractivity contribution >= 4 is 5.91 Å². The smallest absolute Gasteiger partial charge is 0.257 e. The lowest BCUT2D eigenvalue weighted by atomic mass is 10.2.